The maximum Gasteiger partial charge on any atom is 0.407 e. The van der Waals surface area contributed by atoms with Crippen molar-refractivity contribution in [3.05, 3.63) is 94.8 Å². The largest absolute Gasteiger partial charge is 0.449 e. The fourth-order valence-corrected chi connectivity index (χ4v) is 4.73. The summed E-state index contributed by atoms with van der Waals surface area (Å²) >= 11 is 0. The molecule has 5 heteroatoms. The summed E-state index contributed by atoms with van der Waals surface area (Å²) in [6, 6.07) is 20.7. The summed E-state index contributed by atoms with van der Waals surface area (Å²) in [5.74, 6) is -0.414. The summed E-state index contributed by atoms with van der Waals surface area (Å²) in [6.45, 7) is 0.198. The molecule has 5 rings (SSSR count). The molecule has 1 atom stereocenters. The van der Waals surface area contributed by atoms with Crippen LogP contribution in [0.15, 0.2) is 66.7 Å². The molecule has 2 aliphatic rings. The van der Waals surface area contributed by atoms with Gasteiger partial charge in [-0.1, -0.05) is 54.6 Å². The first-order valence-corrected chi connectivity index (χ1v) is 10.2. The fraction of sp³-hybridized carbons (Fsp3) is 0.240. The van der Waals surface area contributed by atoms with E-state index < -0.39 is 17.5 Å². The Balaban J connectivity index is 1.25. The van der Waals surface area contributed by atoms with Gasteiger partial charge < -0.3 is 15.2 Å². The van der Waals surface area contributed by atoms with Crippen molar-refractivity contribution in [1.82, 2.24) is 5.32 Å². The smallest absolute Gasteiger partial charge is 0.407 e. The fourth-order valence-electron chi connectivity index (χ4n) is 4.73. The molecule has 0 heterocycles. The number of benzene rings is 3. The third kappa shape index (κ3) is 3.15. The number of carbonyl (C=O) groups excluding carboxylic acids is 1. The Morgan fingerprint density at radius 1 is 1.07 bits per heavy atom. The van der Waals surface area contributed by atoms with Crippen LogP contribution in [0.1, 0.15) is 34.6 Å². The Hall–Kier alpha value is -3.18. The number of carbonyl (C=O) groups is 1. The molecule has 0 fully saturated rings. The van der Waals surface area contributed by atoms with Gasteiger partial charge in [-0.05, 0) is 58.4 Å². The molecule has 4 nitrogen and oxygen atoms in total. The van der Waals surface area contributed by atoms with E-state index in [9.17, 15) is 14.3 Å². The Morgan fingerprint density at radius 3 is 2.43 bits per heavy atom. The third-order valence-electron chi connectivity index (χ3n) is 6.25. The number of hydrogen-bond acceptors (Lipinski definition) is 3. The van der Waals surface area contributed by atoms with E-state index in [0.717, 1.165) is 16.7 Å². The second kappa shape index (κ2) is 7.26. The summed E-state index contributed by atoms with van der Waals surface area (Å²) in [4.78, 5) is 12.4. The molecular formula is C25H22FNO3. The van der Waals surface area contributed by atoms with Gasteiger partial charge in [-0.3, -0.25) is 0 Å². The SMILES string of the molecule is O=C(NCC1(O)CCc2ccc(F)cc21)OCC1c2ccccc2-c2ccccc21. The minimum atomic E-state index is -1.27. The lowest BCUT2D eigenvalue weighted by Gasteiger charge is -2.24. The molecule has 0 aliphatic heterocycles. The average molecular weight is 403 g/mol. The van der Waals surface area contributed by atoms with E-state index in [0.29, 0.717) is 18.4 Å². The number of halogens is 1. The zero-order valence-corrected chi connectivity index (χ0v) is 16.4. The van der Waals surface area contributed by atoms with Gasteiger partial charge in [0.2, 0.25) is 0 Å². The molecule has 2 aliphatic carbocycles. The molecule has 1 unspecified atom stereocenters. The first kappa shape index (κ1) is 18.8. The molecule has 0 aromatic heterocycles. The van der Waals surface area contributed by atoms with Crippen LogP contribution >= 0.6 is 0 Å². The Bertz CT molecular complexity index is 1080. The second-order valence-electron chi connectivity index (χ2n) is 8.01. The maximum atomic E-state index is 13.6. The van der Waals surface area contributed by atoms with E-state index in [-0.39, 0.29) is 19.1 Å². The Kier molecular flexibility index (Phi) is 4.55. The van der Waals surface area contributed by atoms with E-state index >= 15 is 0 Å². The number of ether oxygens (including phenoxy) is 1. The van der Waals surface area contributed by atoms with Crippen molar-refractivity contribution in [2.45, 2.75) is 24.4 Å². The molecular weight excluding hydrogens is 381 g/mol. The van der Waals surface area contributed by atoms with E-state index in [1.54, 1.807) is 6.07 Å². The number of nitrogens with one attached hydrogen (secondary N) is 1. The molecule has 2 N–H and O–H groups in total. The zero-order valence-electron chi connectivity index (χ0n) is 16.4. The van der Waals surface area contributed by atoms with E-state index in [2.05, 4.69) is 29.6 Å². The molecule has 0 saturated carbocycles. The van der Waals surface area contributed by atoms with Gasteiger partial charge in [-0.2, -0.15) is 0 Å². The van der Waals surface area contributed by atoms with Crippen LogP contribution in [-0.4, -0.2) is 24.4 Å². The second-order valence-corrected chi connectivity index (χ2v) is 8.01. The Labute approximate surface area is 174 Å². The van der Waals surface area contributed by atoms with E-state index in [1.807, 2.05) is 24.3 Å². The summed E-state index contributed by atoms with van der Waals surface area (Å²) in [7, 11) is 0. The molecule has 152 valence electrons. The van der Waals surface area contributed by atoms with Gasteiger partial charge in [-0.15, -0.1) is 0 Å². The number of amides is 1. The number of aryl methyl sites for hydroxylation is 1. The summed E-state index contributed by atoms with van der Waals surface area (Å²) < 4.78 is 19.1. The standard InChI is InChI=1S/C25H22FNO3/c26-17-10-9-16-11-12-25(29,23(16)13-17)15-27-24(28)30-14-22-20-7-3-1-5-18(20)19-6-2-4-8-21(19)22/h1-10,13,22,29H,11-12,14-15H2,(H,27,28). The summed E-state index contributed by atoms with van der Waals surface area (Å²) in [5, 5.41) is 13.6. The van der Waals surface area contributed by atoms with Crippen LogP contribution in [-0.2, 0) is 16.8 Å². The highest BCUT2D eigenvalue weighted by atomic mass is 19.1. The molecule has 3 aromatic rings. The van der Waals surface area contributed by atoms with E-state index in [4.69, 9.17) is 4.74 Å². The predicted molar refractivity (Wildman–Crippen MR) is 112 cm³/mol. The zero-order chi connectivity index (χ0) is 20.7. The average Bonchev–Trinajstić information content (AvgIpc) is 3.26. The normalized spacial score (nSPS) is 19.1. The highest BCUT2D eigenvalue weighted by Gasteiger charge is 2.37. The van der Waals surface area contributed by atoms with Crippen molar-refractivity contribution in [1.29, 1.82) is 0 Å². The minimum Gasteiger partial charge on any atom is -0.449 e. The van der Waals surface area contributed by atoms with Gasteiger partial charge in [0.05, 0.1) is 6.54 Å². The van der Waals surface area contributed by atoms with Crippen molar-refractivity contribution >= 4 is 6.09 Å². The molecule has 0 radical (unpaired) electrons. The van der Waals surface area contributed by atoms with Crippen LogP contribution in [0.5, 0.6) is 0 Å². The van der Waals surface area contributed by atoms with Gasteiger partial charge in [0, 0.05) is 5.92 Å². The number of fused-ring (bicyclic) bond motifs is 4. The lowest BCUT2D eigenvalue weighted by molar-refractivity contribution is 0.0363. The maximum absolute atomic E-state index is 13.6. The van der Waals surface area contributed by atoms with Gasteiger partial charge in [0.1, 0.15) is 18.0 Å². The van der Waals surface area contributed by atoms with E-state index in [1.165, 1.54) is 23.3 Å². The van der Waals surface area contributed by atoms with Crippen molar-refractivity contribution < 1.29 is 19.0 Å². The lowest BCUT2D eigenvalue weighted by atomic mass is 9.96. The Morgan fingerprint density at radius 2 is 1.73 bits per heavy atom. The third-order valence-corrected chi connectivity index (χ3v) is 6.25. The van der Waals surface area contributed by atoms with Gasteiger partial charge >= 0.3 is 6.09 Å². The number of rotatable bonds is 4. The first-order valence-electron chi connectivity index (χ1n) is 10.2. The minimum absolute atomic E-state index is 0.0138. The topological polar surface area (TPSA) is 58.6 Å². The van der Waals surface area contributed by atoms with Crippen LogP contribution in [0, 0.1) is 5.82 Å². The number of aliphatic hydroxyl groups is 1. The number of alkyl carbamates (subject to hydrolysis) is 1. The number of hydrogen-bond donors (Lipinski definition) is 2. The van der Waals surface area contributed by atoms with Crippen molar-refractivity contribution in [3.63, 3.8) is 0 Å². The summed E-state index contributed by atoms with van der Waals surface area (Å²) in [6.07, 6.45) is 0.503. The van der Waals surface area contributed by atoms with Crippen LogP contribution in [0.2, 0.25) is 0 Å². The highest BCUT2D eigenvalue weighted by Crippen LogP contribution is 2.44. The lowest BCUT2D eigenvalue weighted by Crippen LogP contribution is -2.40. The van der Waals surface area contributed by atoms with Gasteiger partial charge in [0.15, 0.2) is 0 Å². The van der Waals surface area contributed by atoms with Crippen LogP contribution in [0.4, 0.5) is 9.18 Å². The monoisotopic (exact) mass is 403 g/mol. The van der Waals surface area contributed by atoms with Gasteiger partial charge in [0.25, 0.3) is 0 Å². The highest BCUT2D eigenvalue weighted by molar-refractivity contribution is 5.79. The van der Waals surface area contributed by atoms with Crippen LogP contribution in [0.25, 0.3) is 11.1 Å². The first-order chi connectivity index (χ1) is 14.5. The molecule has 0 saturated heterocycles. The molecule has 30 heavy (non-hydrogen) atoms. The van der Waals surface area contributed by atoms with Crippen LogP contribution in [0.3, 0.4) is 0 Å². The summed E-state index contributed by atoms with van der Waals surface area (Å²) in [5.41, 5.74) is 4.80. The molecule has 3 aromatic carbocycles. The van der Waals surface area contributed by atoms with Crippen molar-refractivity contribution in [2.75, 3.05) is 13.2 Å². The predicted octanol–water partition coefficient (Wildman–Crippen LogP) is 4.50. The quantitative estimate of drug-likeness (QED) is 0.674. The van der Waals surface area contributed by atoms with Crippen LogP contribution < -0.4 is 5.32 Å². The molecule has 1 amide bonds. The molecule has 0 bridgehead atoms. The van der Waals surface area contributed by atoms with Gasteiger partial charge in [-0.25, -0.2) is 9.18 Å². The van der Waals surface area contributed by atoms with Crippen molar-refractivity contribution in [2.24, 2.45) is 0 Å². The molecule has 0 spiro atoms. The van der Waals surface area contributed by atoms with Crippen molar-refractivity contribution in [3.8, 4) is 11.1 Å².